The fraction of sp³-hybridized carbons (Fsp3) is 0.348. The molecule has 1 aliphatic carbocycles. The maximum atomic E-state index is 12.4. The SMILES string of the molecule is CCOC(=O)C1CC(=C(c2ccccc2)c2ccccc2)CC1OCC. The molecule has 3 nitrogen and oxygen atoms in total. The molecule has 0 aliphatic heterocycles. The summed E-state index contributed by atoms with van der Waals surface area (Å²) in [7, 11) is 0. The minimum absolute atomic E-state index is 0.114. The molecule has 2 unspecified atom stereocenters. The Morgan fingerprint density at radius 1 is 0.885 bits per heavy atom. The Hall–Kier alpha value is -2.39. The van der Waals surface area contributed by atoms with E-state index in [9.17, 15) is 4.79 Å². The van der Waals surface area contributed by atoms with Crippen molar-refractivity contribution in [1.29, 1.82) is 0 Å². The van der Waals surface area contributed by atoms with Crippen molar-refractivity contribution in [3.05, 3.63) is 77.4 Å². The van der Waals surface area contributed by atoms with Crippen LogP contribution in [-0.2, 0) is 14.3 Å². The number of rotatable bonds is 6. The molecule has 0 saturated heterocycles. The number of carbonyl (C=O) groups excluding carboxylic acids is 1. The van der Waals surface area contributed by atoms with Gasteiger partial charge >= 0.3 is 5.97 Å². The molecule has 3 heteroatoms. The lowest BCUT2D eigenvalue weighted by Gasteiger charge is -2.17. The van der Waals surface area contributed by atoms with Gasteiger partial charge in [0.25, 0.3) is 0 Å². The molecule has 26 heavy (non-hydrogen) atoms. The van der Waals surface area contributed by atoms with Gasteiger partial charge < -0.3 is 9.47 Å². The van der Waals surface area contributed by atoms with Crippen LogP contribution in [0.25, 0.3) is 5.57 Å². The second-order valence-corrected chi connectivity index (χ2v) is 6.47. The molecule has 136 valence electrons. The maximum absolute atomic E-state index is 12.4. The van der Waals surface area contributed by atoms with Crippen molar-refractivity contribution in [3.63, 3.8) is 0 Å². The van der Waals surface area contributed by atoms with Gasteiger partial charge in [-0.2, -0.15) is 0 Å². The molecule has 0 heterocycles. The Labute approximate surface area is 155 Å². The third-order valence-electron chi connectivity index (χ3n) is 4.81. The van der Waals surface area contributed by atoms with Gasteiger partial charge in [-0.15, -0.1) is 0 Å². The van der Waals surface area contributed by atoms with Crippen molar-refractivity contribution in [1.82, 2.24) is 0 Å². The molecule has 0 spiro atoms. The molecule has 0 aromatic heterocycles. The predicted molar refractivity (Wildman–Crippen MR) is 104 cm³/mol. The van der Waals surface area contributed by atoms with Crippen LogP contribution < -0.4 is 0 Å². The van der Waals surface area contributed by atoms with E-state index in [1.165, 1.54) is 22.3 Å². The highest BCUT2D eigenvalue weighted by atomic mass is 16.5. The van der Waals surface area contributed by atoms with Crippen LogP contribution in [0.2, 0.25) is 0 Å². The average Bonchev–Trinajstić information content (AvgIpc) is 3.08. The summed E-state index contributed by atoms with van der Waals surface area (Å²) in [6.07, 6.45) is 1.33. The van der Waals surface area contributed by atoms with Gasteiger partial charge in [0.2, 0.25) is 0 Å². The zero-order valence-corrected chi connectivity index (χ0v) is 15.5. The lowest BCUT2D eigenvalue weighted by molar-refractivity contribution is -0.152. The molecule has 1 saturated carbocycles. The van der Waals surface area contributed by atoms with Crippen molar-refractivity contribution in [3.8, 4) is 0 Å². The maximum Gasteiger partial charge on any atom is 0.311 e. The second-order valence-electron chi connectivity index (χ2n) is 6.47. The second kappa shape index (κ2) is 8.81. The van der Waals surface area contributed by atoms with Crippen LogP contribution in [-0.4, -0.2) is 25.3 Å². The Kier molecular flexibility index (Phi) is 6.24. The van der Waals surface area contributed by atoms with Crippen molar-refractivity contribution in [2.24, 2.45) is 5.92 Å². The van der Waals surface area contributed by atoms with Crippen molar-refractivity contribution >= 4 is 11.5 Å². The van der Waals surface area contributed by atoms with E-state index in [0.717, 1.165) is 6.42 Å². The van der Waals surface area contributed by atoms with E-state index in [2.05, 4.69) is 48.5 Å². The largest absolute Gasteiger partial charge is 0.466 e. The highest BCUT2D eigenvalue weighted by molar-refractivity contribution is 5.84. The molecule has 1 aliphatic rings. The van der Waals surface area contributed by atoms with E-state index in [1.54, 1.807) is 0 Å². The fourth-order valence-electron chi connectivity index (χ4n) is 3.73. The topological polar surface area (TPSA) is 35.5 Å². The normalized spacial score (nSPS) is 19.4. The smallest absolute Gasteiger partial charge is 0.311 e. The van der Waals surface area contributed by atoms with Crippen LogP contribution >= 0.6 is 0 Å². The first-order chi connectivity index (χ1) is 12.7. The van der Waals surface area contributed by atoms with Crippen LogP contribution in [0.15, 0.2) is 66.2 Å². The Morgan fingerprint density at radius 3 is 1.96 bits per heavy atom. The number of hydrogen-bond donors (Lipinski definition) is 0. The molecule has 0 radical (unpaired) electrons. The standard InChI is InChI=1S/C23H26O3/c1-3-25-21-16-19(15-20(21)23(24)26-4-2)22(17-11-7-5-8-12-17)18-13-9-6-10-14-18/h5-14,20-21H,3-4,15-16H2,1-2H3. The summed E-state index contributed by atoms with van der Waals surface area (Å²) in [6.45, 7) is 4.81. The van der Waals surface area contributed by atoms with E-state index in [1.807, 2.05) is 26.0 Å². The number of benzene rings is 2. The lowest BCUT2D eigenvalue weighted by atomic mass is 9.92. The van der Waals surface area contributed by atoms with Gasteiger partial charge in [0, 0.05) is 6.61 Å². The predicted octanol–water partition coefficient (Wildman–Crippen LogP) is 4.87. The molecule has 2 aromatic carbocycles. The first-order valence-corrected chi connectivity index (χ1v) is 9.35. The highest BCUT2D eigenvalue weighted by Gasteiger charge is 2.38. The Morgan fingerprint density at radius 2 is 1.46 bits per heavy atom. The third kappa shape index (κ3) is 4.05. The summed E-state index contributed by atoms with van der Waals surface area (Å²) in [5.74, 6) is -0.381. The van der Waals surface area contributed by atoms with E-state index in [-0.39, 0.29) is 18.0 Å². The summed E-state index contributed by atoms with van der Waals surface area (Å²) in [5.41, 5.74) is 4.82. The van der Waals surface area contributed by atoms with E-state index < -0.39 is 0 Å². The molecule has 0 N–H and O–H groups in total. The molecule has 2 aromatic rings. The summed E-state index contributed by atoms with van der Waals surface area (Å²) in [4.78, 5) is 12.4. The Bertz CT molecular complexity index is 708. The fourth-order valence-corrected chi connectivity index (χ4v) is 3.73. The van der Waals surface area contributed by atoms with Gasteiger partial charge in [-0.3, -0.25) is 4.79 Å². The zero-order chi connectivity index (χ0) is 18.4. The van der Waals surface area contributed by atoms with Gasteiger partial charge in [-0.05, 0) is 43.4 Å². The van der Waals surface area contributed by atoms with Crippen LogP contribution in [0.1, 0.15) is 37.8 Å². The van der Waals surface area contributed by atoms with Crippen LogP contribution in [0.4, 0.5) is 0 Å². The highest BCUT2D eigenvalue weighted by Crippen LogP contribution is 2.40. The summed E-state index contributed by atoms with van der Waals surface area (Å²) >= 11 is 0. The lowest BCUT2D eigenvalue weighted by Crippen LogP contribution is -2.27. The molecule has 2 atom stereocenters. The average molecular weight is 350 g/mol. The summed E-state index contributed by atoms with van der Waals surface area (Å²) in [5, 5.41) is 0. The first kappa shape index (κ1) is 18.4. The quantitative estimate of drug-likeness (QED) is 0.698. The number of ether oxygens (including phenoxy) is 2. The third-order valence-corrected chi connectivity index (χ3v) is 4.81. The van der Waals surface area contributed by atoms with Gasteiger partial charge in [-0.1, -0.05) is 66.2 Å². The number of carbonyl (C=O) groups is 1. The monoisotopic (exact) mass is 350 g/mol. The minimum Gasteiger partial charge on any atom is -0.466 e. The molecule has 0 amide bonds. The summed E-state index contributed by atoms with van der Waals surface area (Å²) < 4.78 is 11.2. The van der Waals surface area contributed by atoms with Gasteiger partial charge in [0.15, 0.2) is 0 Å². The van der Waals surface area contributed by atoms with Crippen molar-refractivity contribution in [2.75, 3.05) is 13.2 Å². The first-order valence-electron chi connectivity index (χ1n) is 9.35. The van der Waals surface area contributed by atoms with E-state index in [4.69, 9.17) is 9.47 Å². The van der Waals surface area contributed by atoms with Gasteiger partial charge in [0.05, 0.1) is 18.6 Å². The Balaban J connectivity index is 2.04. The van der Waals surface area contributed by atoms with E-state index >= 15 is 0 Å². The van der Waals surface area contributed by atoms with Crippen molar-refractivity contribution in [2.45, 2.75) is 32.8 Å². The van der Waals surface area contributed by atoms with Crippen LogP contribution in [0.3, 0.4) is 0 Å². The molecule has 0 bridgehead atoms. The zero-order valence-electron chi connectivity index (χ0n) is 15.5. The van der Waals surface area contributed by atoms with Crippen LogP contribution in [0.5, 0.6) is 0 Å². The van der Waals surface area contributed by atoms with E-state index in [0.29, 0.717) is 19.6 Å². The van der Waals surface area contributed by atoms with Gasteiger partial charge in [0.1, 0.15) is 0 Å². The van der Waals surface area contributed by atoms with Crippen molar-refractivity contribution < 1.29 is 14.3 Å². The van der Waals surface area contributed by atoms with Gasteiger partial charge in [-0.25, -0.2) is 0 Å². The number of esters is 1. The molecular formula is C23H26O3. The molecule has 3 rings (SSSR count). The molecular weight excluding hydrogens is 324 g/mol. The number of hydrogen-bond acceptors (Lipinski definition) is 3. The molecule has 1 fully saturated rings. The minimum atomic E-state index is -0.229. The summed E-state index contributed by atoms with van der Waals surface area (Å²) in [6, 6.07) is 20.8. The van der Waals surface area contributed by atoms with Crippen LogP contribution in [0, 0.1) is 5.92 Å².